The molecular formula is C39H70O10. The van der Waals surface area contributed by atoms with E-state index in [1.54, 1.807) is 0 Å². The van der Waals surface area contributed by atoms with Crippen molar-refractivity contribution in [3.8, 4) is 0 Å². The second kappa shape index (κ2) is 31.0. The number of hydrogen-bond acceptors (Lipinski definition) is 10. The minimum Gasteiger partial charge on any atom is -0.462 e. The van der Waals surface area contributed by atoms with Gasteiger partial charge >= 0.3 is 11.9 Å². The fourth-order valence-electron chi connectivity index (χ4n) is 5.65. The van der Waals surface area contributed by atoms with Crippen LogP contribution in [-0.2, 0) is 28.5 Å². The Morgan fingerprint density at radius 2 is 1.12 bits per heavy atom. The first-order valence-electron chi connectivity index (χ1n) is 19.4. The van der Waals surface area contributed by atoms with E-state index in [9.17, 15) is 30.0 Å². The van der Waals surface area contributed by atoms with E-state index in [4.69, 9.17) is 18.9 Å². The van der Waals surface area contributed by atoms with E-state index in [0.717, 1.165) is 77.0 Å². The van der Waals surface area contributed by atoms with E-state index in [1.807, 2.05) is 0 Å². The number of aliphatic hydroxyl groups is 4. The van der Waals surface area contributed by atoms with Crippen molar-refractivity contribution in [2.75, 3.05) is 19.8 Å². The van der Waals surface area contributed by atoms with Crippen LogP contribution in [0.25, 0.3) is 0 Å². The van der Waals surface area contributed by atoms with Crippen molar-refractivity contribution in [1.82, 2.24) is 0 Å². The molecule has 6 atom stereocenters. The minimum absolute atomic E-state index is 0.219. The zero-order chi connectivity index (χ0) is 36.0. The summed E-state index contributed by atoms with van der Waals surface area (Å²) in [5, 5.41) is 39.9. The first-order valence-corrected chi connectivity index (χ1v) is 19.4. The van der Waals surface area contributed by atoms with Crippen LogP contribution in [0, 0.1) is 0 Å². The second-order valence-corrected chi connectivity index (χ2v) is 13.4. The molecule has 1 heterocycles. The van der Waals surface area contributed by atoms with Gasteiger partial charge < -0.3 is 39.4 Å². The first kappa shape index (κ1) is 45.2. The molecule has 1 fully saturated rings. The van der Waals surface area contributed by atoms with Gasteiger partial charge in [0.15, 0.2) is 12.4 Å². The summed E-state index contributed by atoms with van der Waals surface area (Å²) < 4.78 is 22.0. The number of hydrogen-bond donors (Lipinski definition) is 4. The highest BCUT2D eigenvalue weighted by atomic mass is 16.7. The Morgan fingerprint density at radius 1 is 0.612 bits per heavy atom. The average molecular weight is 699 g/mol. The summed E-state index contributed by atoms with van der Waals surface area (Å²) in [5.41, 5.74) is 0. The SMILES string of the molecule is CCC/C=C\CCCCCCCC(=O)OCC(COC1OC(CO)C(O)C(O)C1O)OC(=O)CCCCCCC/C=C\CCCCCCC. The highest BCUT2D eigenvalue weighted by molar-refractivity contribution is 5.70. The molecule has 10 nitrogen and oxygen atoms in total. The molecule has 286 valence electrons. The van der Waals surface area contributed by atoms with Crippen molar-refractivity contribution in [1.29, 1.82) is 0 Å². The molecule has 4 N–H and O–H groups in total. The Kier molecular flexibility index (Phi) is 28.6. The normalized spacial score (nSPS) is 21.8. The third-order valence-electron chi connectivity index (χ3n) is 8.79. The topological polar surface area (TPSA) is 152 Å². The van der Waals surface area contributed by atoms with Gasteiger partial charge in [0.25, 0.3) is 0 Å². The summed E-state index contributed by atoms with van der Waals surface area (Å²) in [5.74, 6) is -0.830. The van der Waals surface area contributed by atoms with Crippen molar-refractivity contribution >= 4 is 11.9 Å². The lowest BCUT2D eigenvalue weighted by Crippen LogP contribution is -2.59. The van der Waals surface area contributed by atoms with E-state index < -0.39 is 55.4 Å². The Balaban J connectivity index is 2.41. The zero-order valence-electron chi connectivity index (χ0n) is 30.7. The number of esters is 2. The summed E-state index contributed by atoms with van der Waals surface area (Å²) >= 11 is 0. The predicted octanol–water partition coefficient (Wildman–Crippen LogP) is 6.99. The zero-order valence-corrected chi connectivity index (χ0v) is 30.7. The summed E-state index contributed by atoms with van der Waals surface area (Å²) in [6.45, 7) is 3.31. The number of ether oxygens (including phenoxy) is 4. The van der Waals surface area contributed by atoms with Crippen LogP contribution in [0.4, 0.5) is 0 Å². The van der Waals surface area contributed by atoms with Crippen LogP contribution in [0.2, 0.25) is 0 Å². The van der Waals surface area contributed by atoms with Crippen LogP contribution in [-0.4, -0.2) is 89.0 Å². The Bertz CT molecular complexity index is 861. The predicted molar refractivity (Wildman–Crippen MR) is 192 cm³/mol. The molecule has 0 bridgehead atoms. The molecular weight excluding hydrogens is 628 g/mol. The molecule has 1 aliphatic heterocycles. The van der Waals surface area contributed by atoms with Crippen molar-refractivity contribution in [2.45, 2.75) is 192 Å². The number of unbranched alkanes of at least 4 members (excludes halogenated alkanes) is 16. The van der Waals surface area contributed by atoms with Crippen molar-refractivity contribution in [2.24, 2.45) is 0 Å². The Hall–Kier alpha value is -1.82. The molecule has 0 aliphatic carbocycles. The average Bonchev–Trinajstić information content (AvgIpc) is 3.10. The molecule has 0 aromatic carbocycles. The molecule has 0 aromatic rings. The third kappa shape index (κ3) is 23.3. The number of carbonyl (C=O) groups is 2. The summed E-state index contributed by atoms with van der Waals surface area (Å²) in [7, 11) is 0. The number of rotatable bonds is 31. The lowest BCUT2D eigenvalue weighted by molar-refractivity contribution is -0.305. The first-order chi connectivity index (χ1) is 23.8. The van der Waals surface area contributed by atoms with Gasteiger partial charge in [-0.2, -0.15) is 0 Å². The van der Waals surface area contributed by atoms with Gasteiger partial charge in [-0.05, 0) is 57.8 Å². The lowest BCUT2D eigenvalue weighted by Gasteiger charge is -2.39. The highest BCUT2D eigenvalue weighted by Gasteiger charge is 2.44. The van der Waals surface area contributed by atoms with Gasteiger partial charge in [-0.15, -0.1) is 0 Å². The number of aliphatic hydroxyl groups excluding tert-OH is 4. The van der Waals surface area contributed by atoms with Gasteiger partial charge in [0.1, 0.15) is 31.0 Å². The molecule has 10 heteroatoms. The van der Waals surface area contributed by atoms with Gasteiger partial charge in [-0.25, -0.2) is 0 Å². The highest BCUT2D eigenvalue weighted by Crippen LogP contribution is 2.22. The molecule has 0 amide bonds. The Morgan fingerprint density at radius 3 is 1.67 bits per heavy atom. The monoisotopic (exact) mass is 698 g/mol. The molecule has 1 rings (SSSR count). The van der Waals surface area contributed by atoms with E-state index in [0.29, 0.717) is 12.8 Å². The second-order valence-electron chi connectivity index (χ2n) is 13.4. The van der Waals surface area contributed by atoms with E-state index >= 15 is 0 Å². The fourth-order valence-corrected chi connectivity index (χ4v) is 5.65. The Labute approximate surface area is 296 Å². The summed E-state index contributed by atoms with van der Waals surface area (Å²) in [6.07, 6.45) is 23.4. The van der Waals surface area contributed by atoms with Crippen LogP contribution in [0.3, 0.4) is 0 Å². The molecule has 49 heavy (non-hydrogen) atoms. The van der Waals surface area contributed by atoms with Crippen LogP contribution < -0.4 is 0 Å². The summed E-state index contributed by atoms with van der Waals surface area (Å²) in [6, 6.07) is 0. The van der Waals surface area contributed by atoms with Crippen LogP contribution in [0.5, 0.6) is 0 Å². The van der Waals surface area contributed by atoms with Crippen LogP contribution in [0.15, 0.2) is 24.3 Å². The lowest BCUT2D eigenvalue weighted by atomic mass is 9.99. The molecule has 6 unspecified atom stereocenters. The van der Waals surface area contributed by atoms with E-state index in [1.165, 1.54) is 38.5 Å². The van der Waals surface area contributed by atoms with E-state index in [2.05, 4.69) is 38.2 Å². The third-order valence-corrected chi connectivity index (χ3v) is 8.79. The van der Waals surface area contributed by atoms with Gasteiger partial charge in [-0.3, -0.25) is 9.59 Å². The minimum atomic E-state index is -1.59. The van der Waals surface area contributed by atoms with Crippen LogP contribution >= 0.6 is 0 Å². The molecule has 1 aliphatic rings. The largest absolute Gasteiger partial charge is 0.462 e. The molecule has 0 radical (unpaired) electrons. The van der Waals surface area contributed by atoms with Gasteiger partial charge in [0.05, 0.1) is 13.2 Å². The maximum atomic E-state index is 12.7. The molecule has 0 saturated carbocycles. The maximum Gasteiger partial charge on any atom is 0.306 e. The molecule has 0 spiro atoms. The standard InChI is InChI=1S/C39H70O10/c1-3-5-7-9-11-13-15-16-17-18-20-22-24-26-28-35(42)48-32(31-47-39-38(45)37(44)36(43)33(29-40)49-39)30-46-34(41)27-25-23-21-19-14-12-10-8-6-4-2/h8,10,15-16,32-33,36-40,43-45H,3-7,9,11-14,17-31H2,1-2H3/b10-8-,16-15-. The fraction of sp³-hybridized carbons (Fsp3) is 0.846. The molecule has 1 saturated heterocycles. The van der Waals surface area contributed by atoms with Crippen molar-refractivity contribution in [3.63, 3.8) is 0 Å². The van der Waals surface area contributed by atoms with Gasteiger partial charge in [0, 0.05) is 12.8 Å². The smallest absolute Gasteiger partial charge is 0.306 e. The van der Waals surface area contributed by atoms with Crippen molar-refractivity contribution < 1.29 is 49.0 Å². The van der Waals surface area contributed by atoms with Crippen molar-refractivity contribution in [3.05, 3.63) is 24.3 Å². The number of carbonyl (C=O) groups excluding carboxylic acids is 2. The van der Waals surface area contributed by atoms with Gasteiger partial charge in [0.2, 0.25) is 0 Å². The van der Waals surface area contributed by atoms with Gasteiger partial charge in [-0.1, -0.05) is 109 Å². The summed E-state index contributed by atoms with van der Waals surface area (Å²) in [4.78, 5) is 25.1. The van der Waals surface area contributed by atoms with Crippen LogP contribution in [0.1, 0.15) is 155 Å². The quantitative estimate of drug-likeness (QED) is 0.0339. The van der Waals surface area contributed by atoms with E-state index in [-0.39, 0.29) is 26.1 Å². The molecule has 0 aromatic heterocycles. The maximum absolute atomic E-state index is 12.7. The number of allylic oxidation sites excluding steroid dienone is 4.